The van der Waals surface area contributed by atoms with E-state index in [1.807, 2.05) is 45.4 Å². The number of nitrogens with one attached hydrogen (secondary N) is 1. The van der Waals surface area contributed by atoms with Gasteiger partial charge in [0.2, 0.25) is 0 Å². The Morgan fingerprint density at radius 2 is 1.85 bits per heavy atom. The predicted octanol–water partition coefficient (Wildman–Crippen LogP) is 4.09. The number of piperidine rings is 1. The number of rotatable bonds is 5. The Kier molecular flexibility index (Phi) is 6.72. The highest BCUT2D eigenvalue weighted by Crippen LogP contribution is 2.44. The lowest BCUT2D eigenvalue weighted by molar-refractivity contribution is 0.215. The van der Waals surface area contributed by atoms with Gasteiger partial charge in [0.1, 0.15) is 5.75 Å². The van der Waals surface area contributed by atoms with Crippen LogP contribution >= 0.6 is 0 Å². The minimum atomic E-state index is -0.0133. The van der Waals surface area contributed by atoms with E-state index in [2.05, 4.69) is 45.5 Å². The molecular weight excluding hydrogens is 502 g/mol. The molecular formula is C31H35N7O2. The summed E-state index contributed by atoms with van der Waals surface area (Å²) in [4.78, 5) is 17.4. The molecule has 0 bridgehead atoms. The van der Waals surface area contributed by atoms with Crippen molar-refractivity contribution in [2.75, 3.05) is 49.6 Å². The summed E-state index contributed by atoms with van der Waals surface area (Å²) in [6.45, 7) is 6.08. The molecule has 1 N–H and O–H groups in total. The molecule has 40 heavy (non-hydrogen) atoms. The Labute approximate surface area is 234 Å². The topological polar surface area (TPSA) is 91.3 Å². The lowest BCUT2D eigenvalue weighted by Crippen LogP contribution is -2.37. The molecule has 2 aliphatic heterocycles. The molecule has 4 aromatic rings. The molecule has 0 amide bonds. The lowest BCUT2D eigenvalue weighted by Gasteiger charge is -2.38. The van der Waals surface area contributed by atoms with Crippen LogP contribution in [0.25, 0.3) is 22.0 Å². The summed E-state index contributed by atoms with van der Waals surface area (Å²) < 4.78 is 9.87. The molecule has 2 aromatic carbocycles. The van der Waals surface area contributed by atoms with Crippen LogP contribution in [0, 0.1) is 24.2 Å². The molecule has 2 aliphatic rings. The van der Waals surface area contributed by atoms with Crippen molar-refractivity contribution in [2.24, 2.45) is 20.0 Å². The number of ether oxygens (including phenoxy) is 1. The molecule has 2 aromatic heterocycles. The van der Waals surface area contributed by atoms with Gasteiger partial charge in [-0.2, -0.15) is 10.4 Å². The maximum absolute atomic E-state index is 12.9. The fourth-order valence-electron chi connectivity index (χ4n) is 5.98. The molecule has 9 nitrogen and oxygen atoms in total. The van der Waals surface area contributed by atoms with Crippen molar-refractivity contribution >= 4 is 28.0 Å². The summed E-state index contributed by atoms with van der Waals surface area (Å²) in [5.74, 6) is 1.27. The molecule has 0 spiro atoms. The number of nitrogens with zero attached hydrogens (tertiary/aromatic N) is 6. The first-order valence-corrected chi connectivity index (χ1v) is 13.9. The molecule has 0 aliphatic carbocycles. The maximum atomic E-state index is 12.9. The SMILES string of the molecule is Cc1cc2c(N3CCN(C)c4cc(-c5cnn(C)c5)c(C#N)cc43)cc(OCC3CCNCC3)cc2n(C)c1=O. The zero-order valence-electron chi connectivity index (χ0n) is 23.6. The molecule has 206 valence electrons. The van der Waals surface area contributed by atoms with Gasteiger partial charge >= 0.3 is 0 Å². The van der Waals surface area contributed by atoms with Gasteiger partial charge in [0, 0.05) is 74.6 Å². The maximum Gasteiger partial charge on any atom is 0.253 e. The van der Waals surface area contributed by atoms with Crippen molar-refractivity contribution < 1.29 is 4.74 Å². The molecule has 0 saturated carbocycles. The van der Waals surface area contributed by atoms with Crippen molar-refractivity contribution in [1.29, 1.82) is 5.26 Å². The number of benzene rings is 2. The van der Waals surface area contributed by atoms with E-state index in [1.165, 1.54) is 0 Å². The van der Waals surface area contributed by atoms with Crippen LogP contribution in [0.2, 0.25) is 0 Å². The van der Waals surface area contributed by atoms with Crippen molar-refractivity contribution in [2.45, 2.75) is 19.8 Å². The number of likely N-dealkylation sites (N-methyl/N-ethyl adjacent to an activating group) is 1. The van der Waals surface area contributed by atoms with Crippen LogP contribution < -0.4 is 25.4 Å². The zero-order valence-corrected chi connectivity index (χ0v) is 23.6. The molecule has 1 saturated heterocycles. The van der Waals surface area contributed by atoms with Gasteiger partial charge in [-0.05, 0) is 57.0 Å². The molecule has 9 heteroatoms. The largest absolute Gasteiger partial charge is 0.493 e. The van der Waals surface area contributed by atoms with Crippen LogP contribution in [0.5, 0.6) is 5.75 Å². The summed E-state index contributed by atoms with van der Waals surface area (Å²) in [7, 11) is 5.78. The number of nitriles is 1. The molecule has 6 rings (SSSR count). The van der Waals surface area contributed by atoms with Crippen LogP contribution in [0.1, 0.15) is 24.0 Å². The average Bonchev–Trinajstić information content (AvgIpc) is 3.41. The Morgan fingerprint density at radius 1 is 1.05 bits per heavy atom. The number of hydrogen-bond acceptors (Lipinski definition) is 7. The molecule has 1 fully saturated rings. The van der Waals surface area contributed by atoms with Crippen LogP contribution in [-0.2, 0) is 14.1 Å². The summed E-state index contributed by atoms with van der Waals surface area (Å²) >= 11 is 0. The normalized spacial score (nSPS) is 15.8. The number of aromatic nitrogens is 3. The van der Waals surface area contributed by atoms with Gasteiger partial charge < -0.3 is 24.4 Å². The standard InChI is InChI=1S/C31H35N7O2/c1-20-11-26-27(37(4)31(20)39)13-24(40-19-21-5-7-33-8-6-21)14-28(26)38-10-9-35(2)29-15-25(22(16-32)12-30(29)38)23-17-34-36(3)18-23/h11-15,17-18,21,33H,5-10,19H2,1-4H3. The minimum Gasteiger partial charge on any atom is -0.493 e. The smallest absolute Gasteiger partial charge is 0.253 e. The number of aryl methyl sites for hydroxylation is 3. The van der Waals surface area contributed by atoms with E-state index in [0.29, 0.717) is 23.7 Å². The Balaban J connectivity index is 1.50. The second-order valence-corrected chi connectivity index (χ2v) is 11.0. The van der Waals surface area contributed by atoms with Crippen LogP contribution in [0.4, 0.5) is 17.1 Å². The number of anilines is 3. The Morgan fingerprint density at radius 3 is 2.58 bits per heavy atom. The zero-order chi connectivity index (χ0) is 28.0. The first-order chi connectivity index (χ1) is 19.3. The highest BCUT2D eigenvalue weighted by atomic mass is 16.5. The van der Waals surface area contributed by atoms with Crippen molar-refractivity contribution in [3.8, 4) is 22.9 Å². The van der Waals surface area contributed by atoms with Gasteiger partial charge in [-0.25, -0.2) is 0 Å². The van der Waals surface area contributed by atoms with E-state index >= 15 is 0 Å². The van der Waals surface area contributed by atoms with E-state index in [9.17, 15) is 10.1 Å². The van der Waals surface area contributed by atoms with E-state index in [0.717, 1.165) is 83.9 Å². The first-order valence-electron chi connectivity index (χ1n) is 13.9. The van der Waals surface area contributed by atoms with Crippen molar-refractivity contribution in [3.05, 3.63) is 64.2 Å². The van der Waals surface area contributed by atoms with Gasteiger partial charge in [-0.1, -0.05) is 0 Å². The van der Waals surface area contributed by atoms with Crippen molar-refractivity contribution in [3.63, 3.8) is 0 Å². The number of hydrogen-bond donors (Lipinski definition) is 1. The Hall–Kier alpha value is -4.29. The van der Waals surface area contributed by atoms with Gasteiger partial charge in [0.05, 0.1) is 47.0 Å². The third-order valence-corrected chi connectivity index (χ3v) is 8.32. The second kappa shape index (κ2) is 10.4. The van der Waals surface area contributed by atoms with Gasteiger partial charge in [-0.15, -0.1) is 0 Å². The van der Waals surface area contributed by atoms with Gasteiger partial charge in [-0.3, -0.25) is 9.48 Å². The second-order valence-electron chi connectivity index (χ2n) is 11.0. The predicted molar refractivity (Wildman–Crippen MR) is 159 cm³/mol. The van der Waals surface area contributed by atoms with E-state index < -0.39 is 0 Å². The minimum absolute atomic E-state index is 0.0133. The van der Waals surface area contributed by atoms with Crippen LogP contribution in [0.3, 0.4) is 0 Å². The highest BCUT2D eigenvalue weighted by Gasteiger charge is 2.27. The van der Waals surface area contributed by atoms with E-state index in [4.69, 9.17) is 4.74 Å². The molecule has 0 unspecified atom stereocenters. The highest BCUT2D eigenvalue weighted by molar-refractivity contribution is 5.98. The third kappa shape index (κ3) is 4.58. The van der Waals surface area contributed by atoms with E-state index in [-0.39, 0.29) is 5.56 Å². The van der Waals surface area contributed by atoms with Gasteiger partial charge in [0.15, 0.2) is 0 Å². The fraction of sp³-hybridized carbons (Fsp3) is 0.387. The monoisotopic (exact) mass is 537 g/mol. The summed E-state index contributed by atoms with van der Waals surface area (Å²) in [5.41, 5.74) is 6.87. The molecule has 0 atom stereocenters. The molecule has 4 heterocycles. The number of pyridine rings is 1. The lowest BCUT2D eigenvalue weighted by atomic mass is 9.98. The summed E-state index contributed by atoms with van der Waals surface area (Å²) in [5, 5.41) is 18.9. The summed E-state index contributed by atoms with van der Waals surface area (Å²) in [6, 6.07) is 12.6. The quantitative estimate of drug-likeness (QED) is 0.410. The number of fused-ring (bicyclic) bond motifs is 2. The average molecular weight is 538 g/mol. The Bertz CT molecular complexity index is 1690. The first kappa shape index (κ1) is 26.0. The fourth-order valence-corrected chi connectivity index (χ4v) is 5.98. The third-order valence-electron chi connectivity index (χ3n) is 8.32. The summed E-state index contributed by atoms with van der Waals surface area (Å²) in [6.07, 6.45) is 5.92. The molecule has 0 radical (unpaired) electrons. The van der Waals surface area contributed by atoms with Crippen molar-refractivity contribution in [1.82, 2.24) is 19.7 Å². The van der Waals surface area contributed by atoms with Crippen LogP contribution in [0.15, 0.2) is 47.5 Å². The van der Waals surface area contributed by atoms with Crippen LogP contribution in [-0.4, -0.2) is 54.2 Å². The van der Waals surface area contributed by atoms with Gasteiger partial charge in [0.25, 0.3) is 5.56 Å². The van der Waals surface area contributed by atoms with E-state index in [1.54, 1.807) is 15.4 Å².